The van der Waals surface area contributed by atoms with E-state index in [2.05, 4.69) is 43.3 Å². The number of allylic oxidation sites excluding steroid dienone is 1. The summed E-state index contributed by atoms with van der Waals surface area (Å²) in [5.41, 5.74) is 2.44. The zero-order valence-electron chi connectivity index (χ0n) is 14.9. The molecular weight excluding hydrogens is 292 g/mol. The van der Waals surface area contributed by atoms with Crippen LogP contribution in [0.4, 0.5) is 0 Å². The summed E-state index contributed by atoms with van der Waals surface area (Å²) in [4.78, 5) is 0. The first-order chi connectivity index (χ1) is 11.9. The summed E-state index contributed by atoms with van der Waals surface area (Å²) < 4.78 is 5.81. The van der Waals surface area contributed by atoms with Gasteiger partial charge < -0.3 is 4.74 Å². The average Bonchev–Trinajstić information content (AvgIpc) is 2.64. The van der Waals surface area contributed by atoms with E-state index in [1.807, 2.05) is 30.3 Å². The van der Waals surface area contributed by atoms with Crippen molar-refractivity contribution < 1.29 is 4.74 Å². The predicted molar refractivity (Wildman–Crippen MR) is 104 cm³/mol. The third-order valence-corrected chi connectivity index (χ3v) is 4.16. The van der Waals surface area contributed by atoms with Gasteiger partial charge >= 0.3 is 0 Å². The molecule has 0 atom stereocenters. The first-order valence-corrected chi connectivity index (χ1v) is 9.32. The minimum atomic E-state index is 0.619. The lowest BCUT2D eigenvalue weighted by molar-refractivity contribution is 0.306. The Bertz CT molecular complexity index is 569. The van der Waals surface area contributed by atoms with Crippen molar-refractivity contribution in [3.63, 3.8) is 0 Å². The van der Waals surface area contributed by atoms with Gasteiger partial charge in [0.2, 0.25) is 0 Å². The molecule has 0 unspecified atom stereocenters. The van der Waals surface area contributed by atoms with Crippen molar-refractivity contribution in [2.45, 2.75) is 58.5 Å². The standard InChI is InChI=1S/C23H30O/c1-2-3-4-5-6-7-8-10-13-21-16-18-23(19-17-21)24-20-22-14-11-9-12-15-22/h9-19H,2-8,20H2,1H3/b13-10+. The second-order valence-corrected chi connectivity index (χ2v) is 6.30. The lowest BCUT2D eigenvalue weighted by atomic mass is 10.1. The molecule has 0 spiro atoms. The van der Waals surface area contributed by atoms with Gasteiger partial charge in [0.05, 0.1) is 0 Å². The summed E-state index contributed by atoms with van der Waals surface area (Å²) in [5, 5.41) is 0. The first kappa shape index (κ1) is 18.3. The van der Waals surface area contributed by atoms with Crippen LogP contribution < -0.4 is 4.74 Å². The van der Waals surface area contributed by atoms with Gasteiger partial charge in [-0.15, -0.1) is 0 Å². The van der Waals surface area contributed by atoms with Crippen LogP contribution in [0.5, 0.6) is 5.75 Å². The number of unbranched alkanes of at least 4 members (excludes halogenated alkanes) is 6. The van der Waals surface area contributed by atoms with Crippen LogP contribution in [0.15, 0.2) is 60.7 Å². The molecule has 0 saturated heterocycles. The number of ether oxygens (including phenoxy) is 1. The third kappa shape index (κ3) is 7.50. The lowest BCUT2D eigenvalue weighted by Gasteiger charge is -2.06. The van der Waals surface area contributed by atoms with E-state index in [-0.39, 0.29) is 0 Å². The smallest absolute Gasteiger partial charge is 0.119 e. The number of benzene rings is 2. The molecule has 0 aliphatic carbocycles. The molecule has 0 radical (unpaired) electrons. The third-order valence-electron chi connectivity index (χ3n) is 4.16. The van der Waals surface area contributed by atoms with E-state index in [0.717, 1.165) is 5.75 Å². The Balaban J connectivity index is 1.65. The van der Waals surface area contributed by atoms with Crippen LogP contribution in [0.3, 0.4) is 0 Å². The molecule has 0 aliphatic rings. The van der Waals surface area contributed by atoms with Gasteiger partial charge in [-0.2, -0.15) is 0 Å². The van der Waals surface area contributed by atoms with Crippen LogP contribution in [-0.2, 0) is 6.61 Å². The van der Waals surface area contributed by atoms with Gasteiger partial charge in [-0.25, -0.2) is 0 Å². The largest absolute Gasteiger partial charge is 0.489 e. The number of hydrogen-bond acceptors (Lipinski definition) is 1. The van der Waals surface area contributed by atoms with Crippen molar-refractivity contribution >= 4 is 6.08 Å². The highest BCUT2D eigenvalue weighted by molar-refractivity contribution is 5.50. The molecule has 24 heavy (non-hydrogen) atoms. The van der Waals surface area contributed by atoms with Gasteiger partial charge in [-0.1, -0.05) is 93.6 Å². The molecule has 0 N–H and O–H groups in total. The highest BCUT2D eigenvalue weighted by Crippen LogP contribution is 2.15. The van der Waals surface area contributed by atoms with Crippen molar-refractivity contribution in [2.24, 2.45) is 0 Å². The Morgan fingerprint density at radius 1 is 0.792 bits per heavy atom. The summed E-state index contributed by atoms with van der Waals surface area (Å²) in [6, 6.07) is 18.6. The molecule has 128 valence electrons. The molecule has 1 heteroatoms. The molecule has 2 aromatic carbocycles. The van der Waals surface area contributed by atoms with Gasteiger partial charge in [0.15, 0.2) is 0 Å². The van der Waals surface area contributed by atoms with E-state index >= 15 is 0 Å². The molecule has 0 heterocycles. The fourth-order valence-corrected chi connectivity index (χ4v) is 2.68. The second-order valence-electron chi connectivity index (χ2n) is 6.30. The van der Waals surface area contributed by atoms with Crippen LogP contribution >= 0.6 is 0 Å². The minimum Gasteiger partial charge on any atom is -0.489 e. The predicted octanol–water partition coefficient (Wildman–Crippen LogP) is 7.03. The van der Waals surface area contributed by atoms with Crippen molar-refractivity contribution in [3.05, 3.63) is 71.8 Å². The minimum absolute atomic E-state index is 0.619. The Morgan fingerprint density at radius 2 is 1.50 bits per heavy atom. The Morgan fingerprint density at radius 3 is 2.25 bits per heavy atom. The van der Waals surface area contributed by atoms with Crippen molar-refractivity contribution in [3.8, 4) is 5.75 Å². The zero-order chi connectivity index (χ0) is 16.9. The normalized spacial score (nSPS) is 11.0. The maximum atomic E-state index is 5.81. The maximum Gasteiger partial charge on any atom is 0.119 e. The average molecular weight is 322 g/mol. The molecule has 0 aromatic heterocycles. The molecule has 0 amide bonds. The first-order valence-electron chi connectivity index (χ1n) is 9.32. The van der Waals surface area contributed by atoms with Crippen molar-refractivity contribution in [2.75, 3.05) is 0 Å². The number of hydrogen-bond donors (Lipinski definition) is 0. The molecule has 0 saturated carbocycles. The number of rotatable bonds is 11. The van der Waals surface area contributed by atoms with Crippen LogP contribution in [0.2, 0.25) is 0 Å². The van der Waals surface area contributed by atoms with Crippen LogP contribution in [-0.4, -0.2) is 0 Å². The molecule has 0 aliphatic heterocycles. The van der Waals surface area contributed by atoms with Gasteiger partial charge in [-0.3, -0.25) is 0 Å². The van der Waals surface area contributed by atoms with E-state index in [1.54, 1.807) is 0 Å². The fourth-order valence-electron chi connectivity index (χ4n) is 2.68. The van der Waals surface area contributed by atoms with Gasteiger partial charge in [-0.05, 0) is 36.1 Å². The van der Waals surface area contributed by atoms with Gasteiger partial charge in [0, 0.05) is 0 Å². The summed E-state index contributed by atoms with van der Waals surface area (Å²) in [5.74, 6) is 0.923. The quantitative estimate of drug-likeness (QED) is 0.403. The SMILES string of the molecule is CCCCCCCC/C=C/c1ccc(OCc2ccccc2)cc1. The summed E-state index contributed by atoms with van der Waals surface area (Å²) in [6.07, 6.45) is 13.8. The van der Waals surface area contributed by atoms with E-state index in [0.29, 0.717) is 6.61 Å². The molecule has 1 nitrogen and oxygen atoms in total. The van der Waals surface area contributed by atoms with E-state index < -0.39 is 0 Å². The molecular formula is C23H30O. The maximum absolute atomic E-state index is 5.81. The van der Waals surface area contributed by atoms with Crippen LogP contribution in [0, 0.1) is 0 Å². The van der Waals surface area contributed by atoms with E-state index in [1.165, 1.54) is 56.1 Å². The monoisotopic (exact) mass is 322 g/mol. The van der Waals surface area contributed by atoms with Crippen LogP contribution in [0.1, 0.15) is 63.0 Å². The van der Waals surface area contributed by atoms with Crippen molar-refractivity contribution in [1.29, 1.82) is 0 Å². The molecule has 2 rings (SSSR count). The highest BCUT2D eigenvalue weighted by Gasteiger charge is 1.95. The zero-order valence-corrected chi connectivity index (χ0v) is 14.9. The Hall–Kier alpha value is -2.02. The van der Waals surface area contributed by atoms with Gasteiger partial charge in [0.25, 0.3) is 0 Å². The second kappa shape index (κ2) is 11.5. The summed E-state index contributed by atoms with van der Waals surface area (Å²) in [6.45, 7) is 2.88. The van der Waals surface area contributed by atoms with Crippen LogP contribution in [0.25, 0.3) is 6.08 Å². The lowest BCUT2D eigenvalue weighted by Crippen LogP contribution is -1.94. The molecule has 2 aromatic rings. The Labute approximate surface area is 147 Å². The molecule has 0 bridgehead atoms. The van der Waals surface area contributed by atoms with Crippen molar-refractivity contribution in [1.82, 2.24) is 0 Å². The summed E-state index contributed by atoms with van der Waals surface area (Å²) >= 11 is 0. The fraction of sp³-hybridized carbons (Fsp3) is 0.391. The Kier molecular flexibility index (Phi) is 8.78. The topological polar surface area (TPSA) is 9.23 Å². The van der Waals surface area contributed by atoms with E-state index in [4.69, 9.17) is 4.74 Å². The highest BCUT2D eigenvalue weighted by atomic mass is 16.5. The van der Waals surface area contributed by atoms with Gasteiger partial charge in [0.1, 0.15) is 12.4 Å². The molecule has 0 fully saturated rings. The van der Waals surface area contributed by atoms with E-state index in [9.17, 15) is 0 Å². The summed E-state index contributed by atoms with van der Waals surface area (Å²) in [7, 11) is 0.